The number of nitrogens with zero attached hydrogens (tertiary/aromatic N) is 12. The number of likely N-dealkylation sites (N-methyl/N-ethyl adjacent to an activating group) is 2. The molecule has 2 aromatic carbocycles. The SMILES string of the molecule is CCOC(=O)c1nn(-c2cccc(C#C[C@]3(O)CCN(C)C3=O)c2)c2c1CN(c1ccncn1)CC2.CN1CC[C@@](O)(C#Cc2cccc(-n3nc(C(N)=O)c4c3CCN(c3ccncn3)C4)c2)C1=O.N. The van der Waals surface area contributed by atoms with Gasteiger partial charge in [-0.25, -0.2) is 34.1 Å². The average molecular weight is 961 g/mol. The number of carbonyl (C=O) groups excluding carboxylic acids is 4. The van der Waals surface area contributed by atoms with E-state index in [2.05, 4.69) is 63.6 Å². The van der Waals surface area contributed by atoms with Crippen molar-refractivity contribution >= 4 is 35.3 Å². The van der Waals surface area contributed by atoms with Gasteiger partial charge in [-0.3, -0.25) is 14.4 Å². The van der Waals surface area contributed by atoms with Gasteiger partial charge in [-0.2, -0.15) is 10.2 Å². The molecule has 7 N–H and O–H groups in total. The summed E-state index contributed by atoms with van der Waals surface area (Å²) in [7, 11) is 3.29. The largest absolute Gasteiger partial charge is 0.461 e. The number of amides is 3. The van der Waals surface area contributed by atoms with Gasteiger partial charge >= 0.3 is 5.97 Å². The van der Waals surface area contributed by atoms with E-state index >= 15 is 0 Å². The van der Waals surface area contributed by atoms with Gasteiger partial charge in [0.05, 0.1) is 29.4 Å². The molecule has 364 valence electrons. The maximum Gasteiger partial charge on any atom is 0.359 e. The Hall–Kier alpha value is -8.50. The Kier molecular flexibility index (Phi) is 13.9. The van der Waals surface area contributed by atoms with E-state index < -0.39 is 29.0 Å². The standard InChI is InChI=1S/C26H26N6O4.C24H23N7O3.H3N/c1-3-36-24(33)23-20-16-31(22-8-12-27-17-28-22)13-9-21(20)32(29-23)19-6-4-5-18(15-19)7-10-26(35)11-14-30(2)25(26)34;1-29-12-9-24(34,23(29)33)8-5-16-3-2-4-17(13-16)31-19-7-11-30(20-6-10-26-15-27-20)14-18(19)21(28-31)22(25)32;/h4-6,8,12,15,17,35H,3,9,11,13-14,16H2,1-2H3;2-4,6,10,13,15,34H,7,9,11-12,14H2,1H3,(H2,25,32);1H3/t26-;24-;/m00./s1. The lowest BCUT2D eigenvalue weighted by Crippen LogP contribution is -2.37. The first kappa shape index (κ1) is 48.9. The Labute approximate surface area is 408 Å². The molecule has 2 fully saturated rings. The molecule has 3 amide bonds. The summed E-state index contributed by atoms with van der Waals surface area (Å²) in [5.41, 5.74) is 8.88. The number of hydrogen-bond acceptors (Lipinski definition) is 16. The topological polar surface area (TPSA) is 279 Å². The lowest BCUT2D eigenvalue weighted by Gasteiger charge is -2.28. The van der Waals surface area contributed by atoms with Crippen molar-refractivity contribution < 1.29 is 34.1 Å². The second-order valence-corrected chi connectivity index (χ2v) is 17.2. The van der Waals surface area contributed by atoms with E-state index in [1.54, 1.807) is 48.8 Å². The van der Waals surface area contributed by atoms with Gasteiger partial charge in [-0.1, -0.05) is 35.8 Å². The summed E-state index contributed by atoms with van der Waals surface area (Å²) in [4.78, 5) is 73.1. The van der Waals surface area contributed by atoms with Crippen molar-refractivity contribution in [3.63, 3.8) is 0 Å². The highest BCUT2D eigenvalue weighted by atomic mass is 16.5. The van der Waals surface area contributed by atoms with Gasteiger partial charge in [-0.05, 0) is 55.5 Å². The number of likely N-dealkylation sites (tertiary alicyclic amines) is 2. The first-order valence-electron chi connectivity index (χ1n) is 22.7. The molecule has 21 nitrogen and oxygen atoms in total. The summed E-state index contributed by atoms with van der Waals surface area (Å²) in [5.74, 6) is 11.1. The van der Waals surface area contributed by atoms with Gasteiger partial charge in [0.15, 0.2) is 11.4 Å². The first-order chi connectivity index (χ1) is 33.7. The van der Waals surface area contributed by atoms with Gasteiger partial charge in [-0.15, -0.1) is 0 Å². The van der Waals surface area contributed by atoms with Crippen LogP contribution in [0.1, 0.15) is 74.4 Å². The molecule has 4 aliphatic rings. The number of aliphatic hydroxyl groups is 2. The molecule has 10 rings (SSSR count). The van der Waals surface area contributed by atoms with Crippen molar-refractivity contribution in [2.24, 2.45) is 5.73 Å². The number of esters is 1. The zero-order chi connectivity index (χ0) is 49.2. The predicted octanol–water partition coefficient (Wildman–Crippen LogP) is 1.78. The van der Waals surface area contributed by atoms with E-state index in [9.17, 15) is 29.4 Å². The minimum Gasteiger partial charge on any atom is -0.461 e. The fourth-order valence-corrected chi connectivity index (χ4v) is 8.88. The number of benzene rings is 2. The summed E-state index contributed by atoms with van der Waals surface area (Å²) < 4.78 is 8.77. The number of ether oxygens (including phenoxy) is 1. The Morgan fingerprint density at radius 3 is 1.58 bits per heavy atom. The zero-order valence-corrected chi connectivity index (χ0v) is 39.4. The predicted molar refractivity (Wildman–Crippen MR) is 258 cm³/mol. The molecule has 4 aromatic heterocycles. The van der Waals surface area contributed by atoms with Crippen molar-refractivity contribution in [3.05, 3.63) is 131 Å². The number of carbonyl (C=O) groups is 4. The van der Waals surface area contributed by atoms with Crippen molar-refractivity contribution in [3.8, 4) is 35.1 Å². The molecule has 21 heteroatoms. The number of anilines is 2. The second-order valence-electron chi connectivity index (χ2n) is 17.2. The van der Waals surface area contributed by atoms with Gasteiger partial charge in [0, 0.05) is 114 Å². The monoisotopic (exact) mass is 960 g/mol. The summed E-state index contributed by atoms with van der Waals surface area (Å²) >= 11 is 0. The molecule has 0 saturated carbocycles. The van der Waals surface area contributed by atoms with Crippen molar-refractivity contribution in [2.45, 2.75) is 56.9 Å². The Bertz CT molecular complexity index is 3140. The number of aromatic nitrogens is 8. The van der Waals surface area contributed by atoms with Crippen LogP contribution in [0.25, 0.3) is 11.4 Å². The molecule has 0 aliphatic carbocycles. The van der Waals surface area contributed by atoms with E-state index in [1.807, 2.05) is 54.6 Å². The van der Waals surface area contributed by atoms with Crippen molar-refractivity contribution in [1.29, 1.82) is 0 Å². The number of hydrogen-bond donors (Lipinski definition) is 4. The highest BCUT2D eigenvalue weighted by Crippen LogP contribution is 2.31. The summed E-state index contributed by atoms with van der Waals surface area (Å²) in [6.45, 7) is 5.23. The van der Waals surface area contributed by atoms with Crippen LogP contribution in [-0.2, 0) is 40.3 Å². The number of rotatable bonds is 7. The van der Waals surface area contributed by atoms with Crippen LogP contribution in [0.5, 0.6) is 0 Å². The number of primary amides is 1. The molecule has 0 unspecified atom stereocenters. The molecule has 4 aliphatic heterocycles. The van der Waals surface area contributed by atoms with E-state index in [1.165, 1.54) is 22.5 Å². The molecule has 2 atom stereocenters. The van der Waals surface area contributed by atoms with Crippen LogP contribution >= 0.6 is 0 Å². The zero-order valence-electron chi connectivity index (χ0n) is 39.4. The Morgan fingerprint density at radius 1 is 0.704 bits per heavy atom. The van der Waals surface area contributed by atoms with E-state index in [-0.39, 0.29) is 42.9 Å². The van der Waals surface area contributed by atoms with Gasteiger partial charge < -0.3 is 46.4 Å². The van der Waals surface area contributed by atoms with Crippen molar-refractivity contribution in [2.75, 3.05) is 56.7 Å². The molecule has 0 radical (unpaired) electrons. The highest BCUT2D eigenvalue weighted by molar-refractivity contribution is 5.93. The van der Waals surface area contributed by atoms with Crippen molar-refractivity contribution in [1.82, 2.24) is 55.4 Å². The van der Waals surface area contributed by atoms with E-state index in [0.29, 0.717) is 68.9 Å². The van der Waals surface area contributed by atoms with Crippen LogP contribution in [0.15, 0.2) is 85.7 Å². The van der Waals surface area contributed by atoms with Crippen LogP contribution < -0.4 is 21.7 Å². The maximum absolute atomic E-state index is 12.8. The summed E-state index contributed by atoms with van der Waals surface area (Å²) in [5, 5.41) is 30.4. The Balaban J connectivity index is 0.000000188. The lowest BCUT2D eigenvalue weighted by molar-refractivity contribution is -0.138. The quantitative estimate of drug-likeness (QED) is 0.131. The fraction of sp³-hybridized carbons (Fsp3) is 0.320. The first-order valence-corrected chi connectivity index (χ1v) is 22.7. The molecule has 6 aromatic rings. The van der Waals surface area contributed by atoms with Crippen LogP contribution in [0, 0.1) is 23.7 Å². The summed E-state index contributed by atoms with van der Waals surface area (Å²) in [6, 6.07) is 18.3. The molecule has 0 bridgehead atoms. The van der Waals surface area contributed by atoms with Crippen LogP contribution in [-0.4, -0.2) is 141 Å². The Morgan fingerprint density at radius 2 is 1.17 bits per heavy atom. The molecule has 2 saturated heterocycles. The van der Waals surface area contributed by atoms with Gasteiger partial charge in [0.2, 0.25) is 11.2 Å². The maximum atomic E-state index is 12.8. The lowest BCUT2D eigenvalue weighted by atomic mass is 10.0. The van der Waals surface area contributed by atoms with Crippen LogP contribution in [0.3, 0.4) is 0 Å². The molecular formula is C50H52N14O7. The van der Waals surface area contributed by atoms with Crippen LogP contribution in [0.2, 0.25) is 0 Å². The minimum absolute atomic E-state index is 0. The van der Waals surface area contributed by atoms with Gasteiger partial charge in [0.1, 0.15) is 24.3 Å². The average Bonchev–Trinajstić information content (AvgIpc) is 4.11. The van der Waals surface area contributed by atoms with Gasteiger partial charge in [0.25, 0.3) is 17.7 Å². The molecule has 8 heterocycles. The van der Waals surface area contributed by atoms with Crippen LogP contribution in [0.4, 0.5) is 11.6 Å². The third kappa shape index (κ3) is 9.87. The third-order valence-corrected chi connectivity index (χ3v) is 12.6. The normalized spacial score (nSPS) is 19.0. The highest BCUT2D eigenvalue weighted by Gasteiger charge is 2.43. The minimum atomic E-state index is -1.67. The third-order valence-electron chi connectivity index (χ3n) is 12.6. The number of nitrogens with two attached hydrogens (primary N) is 1. The second kappa shape index (κ2) is 20.2. The number of fused-ring (bicyclic) bond motifs is 2. The fourth-order valence-electron chi connectivity index (χ4n) is 8.88. The molecule has 0 spiro atoms. The smallest absolute Gasteiger partial charge is 0.359 e. The molecular weight excluding hydrogens is 909 g/mol. The molecule has 71 heavy (non-hydrogen) atoms. The van der Waals surface area contributed by atoms with E-state index in [0.717, 1.165) is 39.8 Å². The van der Waals surface area contributed by atoms with E-state index in [4.69, 9.17) is 10.5 Å². The summed E-state index contributed by atoms with van der Waals surface area (Å²) in [6.07, 6.45) is 8.17.